The van der Waals surface area contributed by atoms with Gasteiger partial charge in [-0.3, -0.25) is 0 Å². The summed E-state index contributed by atoms with van der Waals surface area (Å²) < 4.78 is 146. The molecule has 0 N–H and O–H groups in total. The maximum absolute atomic E-state index is 14.8. The summed E-state index contributed by atoms with van der Waals surface area (Å²) in [5.74, 6) is -9.44. The molecule has 0 saturated heterocycles. The zero-order chi connectivity index (χ0) is 28.7. The number of alkyl halides is 5. The molecule has 3 aromatic carbocycles. The molecule has 0 bridgehead atoms. The van der Waals surface area contributed by atoms with Crippen LogP contribution in [-0.4, -0.2) is 6.36 Å². The monoisotopic (exact) mass is 580 g/mol. The van der Waals surface area contributed by atoms with Crippen molar-refractivity contribution in [3.63, 3.8) is 0 Å². The van der Waals surface area contributed by atoms with Crippen LogP contribution in [0.3, 0.4) is 0 Å². The Hall–Kier alpha value is -3.74. The van der Waals surface area contributed by atoms with E-state index < -0.39 is 64.2 Å². The Morgan fingerprint density at radius 3 is 1.85 bits per heavy atom. The van der Waals surface area contributed by atoms with Crippen LogP contribution in [0.1, 0.15) is 17.4 Å². The lowest BCUT2D eigenvalue weighted by Crippen LogP contribution is -2.25. The van der Waals surface area contributed by atoms with Crippen LogP contribution < -0.4 is 9.47 Å². The van der Waals surface area contributed by atoms with Gasteiger partial charge in [0, 0.05) is 16.5 Å². The van der Waals surface area contributed by atoms with Gasteiger partial charge in [-0.25, -0.2) is 22.0 Å². The van der Waals surface area contributed by atoms with Gasteiger partial charge in [0.15, 0.2) is 11.6 Å². The number of hydrogen-bond donors (Lipinski definition) is 0. The van der Waals surface area contributed by atoms with E-state index in [4.69, 9.17) is 0 Å². The molecule has 0 aliphatic heterocycles. The number of hydrogen-bond acceptors (Lipinski definition) is 3. The summed E-state index contributed by atoms with van der Waals surface area (Å²) in [7, 11) is 0. The summed E-state index contributed by atoms with van der Waals surface area (Å²) in [6.45, 7) is 1.81. The Balaban J connectivity index is 1.62. The lowest BCUT2D eigenvalue weighted by molar-refractivity contribution is -0.275. The number of rotatable bonds is 7. The van der Waals surface area contributed by atoms with E-state index in [1.165, 1.54) is 12.1 Å². The van der Waals surface area contributed by atoms with Crippen molar-refractivity contribution in [2.75, 3.05) is 0 Å². The first-order valence-electron chi connectivity index (χ1n) is 10.9. The first kappa shape index (κ1) is 28.3. The van der Waals surface area contributed by atoms with Gasteiger partial charge in [0.05, 0.1) is 4.88 Å². The van der Waals surface area contributed by atoms with Crippen molar-refractivity contribution in [1.82, 2.24) is 0 Å². The van der Waals surface area contributed by atoms with E-state index >= 15 is 0 Å². The molecule has 4 aromatic rings. The fraction of sp³-hybridized carbons (Fsp3) is 0.154. The minimum Gasteiger partial charge on any atom is -0.429 e. The van der Waals surface area contributed by atoms with Gasteiger partial charge in [-0.1, -0.05) is 19.1 Å². The average Bonchev–Trinajstić information content (AvgIpc) is 3.20. The molecule has 0 saturated carbocycles. The molecule has 1 heterocycles. The van der Waals surface area contributed by atoms with Crippen molar-refractivity contribution >= 4 is 11.3 Å². The van der Waals surface area contributed by atoms with Gasteiger partial charge in [0.25, 0.3) is 0 Å². The highest BCUT2D eigenvalue weighted by Gasteiger charge is 2.41. The summed E-state index contributed by atoms with van der Waals surface area (Å²) >= 11 is 1.10. The van der Waals surface area contributed by atoms with Crippen LogP contribution in [-0.2, 0) is 12.5 Å². The molecule has 206 valence electrons. The van der Waals surface area contributed by atoms with E-state index in [2.05, 4.69) is 9.47 Å². The maximum Gasteiger partial charge on any atom is 0.573 e. The first-order chi connectivity index (χ1) is 18.2. The standard InChI is InChI=1S/C26H14F10O2S/c1-2-15-11-21(31)24(39-15)12-3-5-16(17(27)7-12)13-8-19(29)23(20(30)9-13)25(32,33)37-14-4-6-22(18(28)10-14)38-26(34,35)36/h3-11H,2H2,1H3. The minimum atomic E-state index is -5.26. The highest BCUT2D eigenvalue weighted by molar-refractivity contribution is 7.15. The predicted octanol–water partition coefficient (Wildman–Crippen LogP) is 9.37. The largest absolute Gasteiger partial charge is 0.573 e. The summed E-state index contributed by atoms with van der Waals surface area (Å²) in [4.78, 5) is 0.861. The van der Waals surface area contributed by atoms with E-state index in [0.29, 0.717) is 35.6 Å². The Morgan fingerprint density at radius 1 is 0.667 bits per heavy atom. The van der Waals surface area contributed by atoms with Crippen molar-refractivity contribution in [1.29, 1.82) is 0 Å². The van der Waals surface area contributed by atoms with Crippen LogP contribution in [0.15, 0.2) is 54.6 Å². The molecule has 13 heteroatoms. The number of aryl methyl sites for hydroxylation is 1. The third-order valence-electron chi connectivity index (χ3n) is 5.34. The van der Waals surface area contributed by atoms with Crippen LogP contribution in [0.2, 0.25) is 0 Å². The van der Waals surface area contributed by atoms with Crippen LogP contribution in [0.5, 0.6) is 11.5 Å². The van der Waals surface area contributed by atoms with Crippen LogP contribution in [0.4, 0.5) is 43.9 Å². The Labute approximate surface area is 218 Å². The summed E-state index contributed by atoms with van der Waals surface area (Å²) in [5, 5.41) is 0. The van der Waals surface area contributed by atoms with Gasteiger partial charge in [-0.2, -0.15) is 8.78 Å². The Kier molecular flexibility index (Phi) is 7.57. The summed E-state index contributed by atoms with van der Waals surface area (Å²) in [6.07, 6.45) is -9.48. The van der Waals surface area contributed by atoms with Gasteiger partial charge >= 0.3 is 12.5 Å². The molecule has 39 heavy (non-hydrogen) atoms. The molecule has 0 fully saturated rings. The highest BCUT2D eigenvalue weighted by Crippen LogP contribution is 2.40. The maximum atomic E-state index is 14.8. The second-order valence-corrected chi connectivity index (χ2v) is 9.15. The Bertz CT molecular complexity index is 1500. The fourth-order valence-electron chi connectivity index (χ4n) is 3.64. The van der Waals surface area contributed by atoms with Gasteiger partial charge in [0.2, 0.25) is 0 Å². The van der Waals surface area contributed by atoms with Gasteiger partial charge in [-0.05, 0) is 53.9 Å². The normalized spacial score (nSPS) is 12.1. The van der Waals surface area contributed by atoms with Crippen molar-refractivity contribution in [2.24, 2.45) is 0 Å². The molecule has 0 aliphatic rings. The number of halogens is 10. The van der Waals surface area contributed by atoms with E-state index in [1.807, 2.05) is 6.92 Å². The number of benzene rings is 3. The van der Waals surface area contributed by atoms with Gasteiger partial charge < -0.3 is 9.47 Å². The Morgan fingerprint density at radius 2 is 1.31 bits per heavy atom. The molecule has 1 aromatic heterocycles. The van der Waals surface area contributed by atoms with E-state index in [1.54, 1.807) is 0 Å². The molecule has 0 amide bonds. The quantitative estimate of drug-likeness (QED) is 0.203. The predicted molar refractivity (Wildman–Crippen MR) is 122 cm³/mol. The van der Waals surface area contributed by atoms with E-state index in [0.717, 1.165) is 23.5 Å². The van der Waals surface area contributed by atoms with E-state index in [-0.39, 0.29) is 22.1 Å². The van der Waals surface area contributed by atoms with Crippen molar-refractivity contribution < 1.29 is 53.4 Å². The van der Waals surface area contributed by atoms with Crippen LogP contribution in [0.25, 0.3) is 21.6 Å². The van der Waals surface area contributed by atoms with Gasteiger partial charge in [-0.15, -0.1) is 24.5 Å². The molecule has 0 spiro atoms. The second kappa shape index (κ2) is 10.4. The highest BCUT2D eigenvalue weighted by atomic mass is 32.1. The zero-order valence-corrected chi connectivity index (χ0v) is 20.2. The molecular formula is C26H14F10O2S. The number of thiophene rings is 1. The zero-order valence-electron chi connectivity index (χ0n) is 19.4. The minimum absolute atomic E-state index is 0.107. The molecule has 2 nitrogen and oxygen atoms in total. The van der Waals surface area contributed by atoms with Crippen molar-refractivity contribution in [2.45, 2.75) is 25.8 Å². The average molecular weight is 580 g/mol. The van der Waals surface area contributed by atoms with Crippen LogP contribution >= 0.6 is 11.3 Å². The molecule has 0 unspecified atom stereocenters. The smallest absolute Gasteiger partial charge is 0.429 e. The SMILES string of the molecule is CCc1cc(F)c(-c2ccc(-c3cc(F)c(C(F)(F)Oc4ccc(OC(F)(F)F)c(F)c4)c(F)c3)c(F)c2)s1. The third-order valence-corrected chi connectivity index (χ3v) is 6.64. The molecule has 0 radical (unpaired) electrons. The fourth-order valence-corrected chi connectivity index (χ4v) is 4.61. The first-order valence-corrected chi connectivity index (χ1v) is 11.7. The van der Waals surface area contributed by atoms with E-state index in [9.17, 15) is 43.9 Å². The molecular weight excluding hydrogens is 566 g/mol. The topological polar surface area (TPSA) is 18.5 Å². The molecule has 0 aliphatic carbocycles. The summed E-state index contributed by atoms with van der Waals surface area (Å²) in [6, 6.07) is 6.38. The second-order valence-electron chi connectivity index (χ2n) is 8.01. The number of ether oxygens (including phenoxy) is 2. The van der Waals surface area contributed by atoms with Crippen LogP contribution in [0, 0.1) is 29.1 Å². The molecule has 4 rings (SSSR count). The summed E-state index contributed by atoms with van der Waals surface area (Å²) in [5.41, 5.74) is -2.58. The van der Waals surface area contributed by atoms with Crippen molar-refractivity contribution in [3.8, 4) is 33.1 Å². The van der Waals surface area contributed by atoms with Gasteiger partial charge in [0.1, 0.15) is 34.6 Å². The molecule has 0 atom stereocenters. The lowest BCUT2D eigenvalue weighted by atomic mass is 10.00. The third kappa shape index (κ3) is 6.13. The van der Waals surface area contributed by atoms with Crippen molar-refractivity contribution in [3.05, 3.63) is 94.1 Å². The lowest BCUT2D eigenvalue weighted by Gasteiger charge is -2.20.